The highest BCUT2D eigenvalue weighted by Crippen LogP contribution is 2.18. The highest BCUT2D eigenvalue weighted by molar-refractivity contribution is 5.95. The van der Waals surface area contributed by atoms with Crippen molar-refractivity contribution in [3.63, 3.8) is 0 Å². The number of rotatable bonds is 5. The Morgan fingerprint density at radius 2 is 2.42 bits per heavy atom. The monoisotopic (exact) mass is 260 g/mol. The van der Waals surface area contributed by atoms with Crippen LogP contribution in [0.25, 0.3) is 0 Å². The van der Waals surface area contributed by atoms with Gasteiger partial charge in [-0.1, -0.05) is 25.1 Å². The summed E-state index contributed by atoms with van der Waals surface area (Å²) in [4.78, 5) is 12.1. The lowest BCUT2D eigenvalue weighted by Gasteiger charge is -2.22. The van der Waals surface area contributed by atoms with Crippen molar-refractivity contribution in [2.45, 2.75) is 25.3 Å². The lowest BCUT2D eigenvalue weighted by molar-refractivity contribution is -0.118. The maximum Gasteiger partial charge on any atom is 0.241 e. The minimum Gasteiger partial charge on any atom is -0.489 e. The molecule has 2 rings (SSSR count). The van der Waals surface area contributed by atoms with Gasteiger partial charge in [-0.3, -0.25) is 4.79 Å². The van der Waals surface area contributed by atoms with Crippen molar-refractivity contribution >= 4 is 11.6 Å². The van der Waals surface area contributed by atoms with E-state index < -0.39 is 0 Å². The van der Waals surface area contributed by atoms with Crippen molar-refractivity contribution in [3.8, 4) is 5.75 Å². The molecule has 0 saturated carbocycles. The molecule has 2 N–H and O–H groups in total. The molecule has 1 atom stereocenters. The summed E-state index contributed by atoms with van der Waals surface area (Å²) in [5.74, 6) is 0.759. The van der Waals surface area contributed by atoms with Gasteiger partial charge in [0.25, 0.3) is 0 Å². The Balaban J connectivity index is 1.93. The summed E-state index contributed by atoms with van der Waals surface area (Å²) in [6.45, 7) is 4.98. The highest BCUT2D eigenvalue weighted by Gasteiger charge is 2.20. The summed E-state index contributed by atoms with van der Waals surface area (Å²) in [5.41, 5.74) is 0.763. The molecule has 1 aromatic carbocycles. The lowest BCUT2D eigenvalue weighted by Crippen LogP contribution is -2.43. The van der Waals surface area contributed by atoms with Crippen molar-refractivity contribution in [1.82, 2.24) is 5.32 Å². The molecule has 1 saturated heterocycles. The quantitative estimate of drug-likeness (QED) is 0.799. The second-order valence-corrected chi connectivity index (χ2v) is 4.62. The van der Waals surface area contributed by atoms with Crippen molar-refractivity contribution in [1.29, 1.82) is 0 Å². The first-order valence-corrected chi connectivity index (χ1v) is 6.67. The van der Waals surface area contributed by atoms with E-state index in [1.54, 1.807) is 6.08 Å². The van der Waals surface area contributed by atoms with E-state index in [0.717, 1.165) is 37.2 Å². The van der Waals surface area contributed by atoms with Gasteiger partial charge in [-0.15, -0.1) is 0 Å². The van der Waals surface area contributed by atoms with Gasteiger partial charge in [0.1, 0.15) is 12.4 Å². The molecule has 1 aliphatic rings. The Labute approximate surface area is 113 Å². The van der Waals surface area contributed by atoms with E-state index in [4.69, 9.17) is 4.74 Å². The Kier molecular flexibility index (Phi) is 4.98. The van der Waals surface area contributed by atoms with Gasteiger partial charge in [-0.05, 0) is 31.5 Å². The van der Waals surface area contributed by atoms with Gasteiger partial charge in [0.2, 0.25) is 5.91 Å². The van der Waals surface area contributed by atoms with Crippen LogP contribution in [0, 0.1) is 0 Å². The molecule has 0 spiro atoms. The molecule has 1 aliphatic heterocycles. The maximum atomic E-state index is 12.1. The Hall–Kier alpha value is -1.81. The zero-order valence-corrected chi connectivity index (χ0v) is 11.0. The first-order valence-electron chi connectivity index (χ1n) is 6.67. The first kappa shape index (κ1) is 13.6. The van der Waals surface area contributed by atoms with Crippen LogP contribution < -0.4 is 15.4 Å². The topological polar surface area (TPSA) is 50.4 Å². The predicted molar refractivity (Wildman–Crippen MR) is 76.4 cm³/mol. The van der Waals surface area contributed by atoms with E-state index in [1.807, 2.05) is 24.3 Å². The summed E-state index contributed by atoms with van der Waals surface area (Å²) in [7, 11) is 0. The number of anilines is 1. The highest BCUT2D eigenvalue weighted by atomic mass is 16.5. The van der Waals surface area contributed by atoms with Crippen molar-refractivity contribution in [3.05, 3.63) is 36.9 Å². The van der Waals surface area contributed by atoms with E-state index in [-0.39, 0.29) is 11.9 Å². The lowest BCUT2D eigenvalue weighted by atomic mass is 10.0. The summed E-state index contributed by atoms with van der Waals surface area (Å²) in [6.07, 6.45) is 4.85. The molecular weight excluding hydrogens is 240 g/mol. The molecule has 1 heterocycles. The van der Waals surface area contributed by atoms with Gasteiger partial charge in [0.05, 0.1) is 6.04 Å². The average molecular weight is 260 g/mol. The van der Waals surface area contributed by atoms with Crippen LogP contribution >= 0.6 is 0 Å². The fourth-order valence-corrected chi connectivity index (χ4v) is 2.12. The largest absolute Gasteiger partial charge is 0.489 e. The van der Waals surface area contributed by atoms with Crippen LogP contribution in [0.15, 0.2) is 36.9 Å². The minimum atomic E-state index is -0.0773. The van der Waals surface area contributed by atoms with Crippen LogP contribution in [0.4, 0.5) is 5.69 Å². The Morgan fingerprint density at radius 1 is 1.53 bits per heavy atom. The molecule has 0 aliphatic carbocycles. The normalized spacial score (nSPS) is 18.6. The zero-order valence-electron chi connectivity index (χ0n) is 11.0. The third-order valence-electron chi connectivity index (χ3n) is 3.10. The zero-order chi connectivity index (χ0) is 13.5. The van der Waals surface area contributed by atoms with Crippen LogP contribution in [0.2, 0.25) is 0 Å². The number of ether oxygens (including phenoxy) is 1. The molecule has 102 valence electrons. The average Bonchev–Trinajstić information content (AvgIpc) is 2.46. The summed E-state index contributed by atoms with van der Waals surface area (Å²) < 4.78 is 5.44. The fraction of sp³-hybridized carbons (Fsp3) is 0.400. The molecule has 1 aromatic rings. The molecule has 4 nitrogen and oxygen atoms in total. The number of hydrogen-bond donors (Lipinski definition) is 2. The number of benzene rings is 1. The molecule has 1 unspecified atom stereocenters. The molecule has 19 heavy (non-hydrogen) atoms. The van der Waals surface area contributed by atoms with Crippen LogP contribution in [0.5, 0.6) is 5.75 Å². The first-order chi connectivity index (χ1) is 9.29. The molecule has 1 fully saturated rings. The Bertz CT molecular complexity index is 440. The number of piperidine rings is 1. The number of amides is 1. The van der Waals surface area contributed by atoms with Gasteiger partial charge in [-0.25, -0.2) is 0 Å². The third kappa shape index (κ3) is 4.10. The molecule has 0 aromatic heterocycles. The third-order valence-corrected chi connectivity index (χ3v) is 3.10. The van der Waals surface area contributed by atoms with Gasteiger partial charge >= 0.3 is 0 Å². The van der Waals surface area contributed by atoms with Gasteiger partial charge in [0, 0.05) is 11.8 Å². The van der Waals surface area contributed by atoms with Crippen molar-refractivity contribution < 1.29 is 9.53 Å². The predicted octanol–water partition coefficient (Wildman–Crippen LogP) is 2.33. The molecule has 1 amide bonds. The van der Waals surface area contributed by atoms with Crippen LogP contribution in [0.1, 0.15) is 19.3 Å². The fourth-order valence-electron chi connectivity index (χ4n) is 2.12. The second kappa shape index (κ2) is 6.95. The molecular formula is C15H20N2O2. The SMILES string of the molecule is C=CCOc1cccc(NC(=O)C2CCCCN2)c1. The van der Waals surface area contributed by atoms with E-state index in [0.29, 0.717) is 6.61 Å². The van der Waals surface area contributed by atoms with Crippen molar-refractivity contribution in [2.75, 3.05) is 18.5 Å². The Morgan fingerprint density at radius 3 is 3.16 bits per heavy atom. The standard InChI is InChI=1S/C15H20N2O2/c1-2-10-19-13-7-5-6-12(11-13)17-15(18)14-8-3-4-9-16-14/h2,5-7,11,14,16H,1,3-4,8-10H2,(H,17,18). The van der Waals surface area contributed by atoms with E-state index >= 15 is 0 Å². The number of hydrogen-bond acceptors (Lipinski definition) is 3. The second-order valence-electron chi connectivity index (χ2n) is 4.62. The van der Waals surface area contributed by atoms with Crippen LogP contribution in [-0.2, 0) is 4.79 Å². The minimum absolute atomic E-state index is 0.0283. The van der Waals surface area contributed by atoms with Gasteiger partial charge < -0.3 is 15.4 Å². The van der Waals surface area contributed by atoms with Gasteiger partial charge in [-0.2, -0.15) is 0 Å². The van der Waals surface area contributed by atoms with Gasteiger partial charge in [0.15, 0.2) is 0 Å². The number of carbonyl (C=O) groups excluding carboxylic acids is 1. The van der Waals surface area contributed by atoms with E-state index in [1.165, 1.54) is 0 Å². The molecule has 0 radical (unpaired) electrons. The van der Waals surface area contributed by atoms with Crippen LogP contribution in [0.3, 0.4) is 0 Å². The van der Waals surface area contributed by atoms with Crippen LogP contribution in [-0.4, -0.2) is 25.1 Å². The molecule has 4 heteroatoms. The molecule has 0 bridgehead atoms. The van der Waals surface area contributed by atoms with Crippen molar-refractivity contribution in [2.24, 2.45) is 0 Å². The summed E-state index contributed by atoms with van der Waals surface area (Å²) in [5, 5.41) is 6.15. The summed E-state index contributed by atoms with van der Waals surface area (Å²) in [6, 6.07) is 7.33. The maximum absolute atomic E-state index is 12.1. The van der Waals surface area contributed by atoms with E-state index in [9.17, 15) is 4.79 Å². The number of carbonyl (C=O) groups is 1. The van der Waals surface area contributed by atoms with E-state index in [2.05, 4.69) is 17.2 Å². The number of nitrogens with one attached hydrogen (secondary N) is 2. The summed E-state index contributed by atoms with van der Waals surface area (Å²) >= 11 is 0. The smallest absolute Gasteiger partial charge is 0.241 e.